The third kappa shape index (κ3) is 1.43. The van der Waals surface area contributed by atoms with Gasteiger partial charge in [0.1, 0.15) is 0 Å². The van der Waals surface area contributed by atoms with Gasteiger partial charge in [-0.25, -0.2) is 0 Å². The summed E-state index contributed by atoms with van der Waals surface area (Å²) >= 11 is 3.37. The van der Waals surface area contributed by atoms with Crippen molar-refractivity contribution in [2.24, 2.45) is 0 Å². The van der Waals surface area contributed by atoms with E-state index in [1.54, 1.807) is 6.20 Å². The zero-order valence-electron chi connectivity index (χ0n) is 6.70. The molecule has 0 fully saturated rings. The third-order valence-electron chi connectivity index (χ3n) is 1.95. The molecule has 1 unspecified atom stereocenters. The third-order valence-corrected chi connectivity index (χ3v) is 2.87. The topological polar surface area (TPSA) is 22.0 Å². The quantitative estimate of drug-likeness (QED) is 0.568. The predicted molar refractivity (Wildman–Crippen MR) is 60.1 cm³/mol. The van der Waals surface area contributed by atoms with Gasteiger partial charge in [-0.2, -0.15) is 0 Å². The number of rotatable bonds is 1. The van der Waals surface area contributed by atoms with Gasteiger partial charge in [0.05, 0.1) is 5.52 Å². The summed E-state index contributed by atoms with van der Waals surface area (Å²) in [5.41, 5.74) is 1.75. The minimum absolute atomic E-state index is 0.714. The molecule has 0 aliphatic carbocycles. The maximum Gasteiger partial charge on any atom is 0.152 e. The van der Waals surface area contributed by atoms with Crippen LogP contribution in [0.1, 0.15) is 10.4 Å². The van der Waals surface area contributed by atoms with Crippen LogP contribution in [0.3, 0.4) is 0 Å². The molecule has 2 rings (SSSR count). The molecule has 13 heavy (non-hydrogen) atoms. The number of nitrogens with zero attached hydrogens (tertiary/aromatic N) is 1. The highest BCUT2D eigenvalue weighted by Gasteiger charge is 2.05. The molecule has 1 aromatic carbocycles. The van der Waals surface area contributed by atoms with Crippen molar-refractivity contribution in [3.05, 3.63) is 34.4 Å². The summed E-state index contributed by atoms with van der Waals surface area (Å²) in [4.78, 5) is 10.7. The maximum atomic E-state index is 10.7. The molecule has 66 valence electrons. The van der Waals surface area contributed by atoms with Crippen molar-refractivity contribution in [3.63, 3.8) is 0 Å². The number of carbonyl (C=O) groups excluding carboxylic acids is 1. The van der Waals surface area contributed by atoms with Crippen molar-refractivity contribution in [3.8, 4) is 0 Å². The van der Waals surface area contributed by atoms with Crippen LogP contribution in [0, 0.1) is 0 Å². The van der Waals surface area contributed by atoms with E-state index in [-0.39, 0.29) is 0 Å². The molecule has 0 saturated carbocycles. The maximum absolute atomic E-state index is 10.7. The lowest BCUT2D eigenvalue weighted by Gasteiger charge is -1.95. The van der Waals surface area contributed by atoms with Gasteiger partial charge in [-0.05, 0) is 27.6 Å². The average molecular weight is 256 g/mol. The van der Waals surface area contributed by atoms with Gasteiger partial charge in [0.2, 0.25) is 0 Å². The molecule has 0 aliphatic rings. The van der Waals surface area contributed by atoms with E-state index in [1.165, 1.54) is 0 Å². The van der Waals surface area contributed by atoms with Crippen LogP contribution in [0.5, 0.6) is 0 Å². The van der Waals surface area contributed by atoms with Gasteiger partial charge in [0.25, 0.3) is 0 Å². The smallest absolute Gasteiger partial charge is 0.152 e. The lowest BCUT2D eigenvalue weighted by atomic mass is 10.2. The van der Waals surface area contributed by atoms with Crippen LogP contribution < -0.4 is 0 Å². The number of halogens is 1. The van der Waals surface area contributed by atoms with Crippen LogP contribution in [-0.2, 0) is 0 Å². The summed E-state index contributed by atoms with van der Waals surface area (Å²) in [6.45, 7) is 0. The number of fused-ring (bicyclic) bond motifs is 1. The molecule has 2 aromatic rings. The minimum atomic E-state index is 0.714. The fourth-order valence-corrected chi connectivity index (χ4v) is 2.09. The summed E-state index contributed by atoms with van der Waals surface area (Å²) in [5, 5.41) is 0.972. The van der Waals surface area contributed by atoms with Crippen LogP contribution in [0.2, 0.25) is 0 Å². The molecule has 0 radical (unpaired) electrons. The highest BCUT2D eigenvalue weighted by molar-refractivity contribution is 9.10. The minimum Gasteiger partial charge on any atom is -0.331 e. The molecule has 1 atom stereocenters. The average Bonchev–Trinajstić information content (AvgIpc) is 2.42. The van der Waals surface area contributed by atoms with Crippen molar-refractivity contribution in [1.82, 2.24) is 4.34 Å². The van der Waals surface area contributed by atoms with Crippen molar-refractivity contribution < 1.29 is 4.79 Å². The summed E-state index contributed by atoms with van der Waals surface area (Å²) in [7, 11) is 2.55. The van der Waals surface area contributed by atoms with Gasteiger partial charge in [0.15, 0.2) is 6.29 Å². The molecule has 0 amide bonds. The lowest BCUT2D eigenvalue weighted by molar-refractivity contribution is 0.112. The zero-order chi connectivity index (χ0) is 9.42. The van der Waals surface area contributed by atoms with E-state index < -0.39 is 0 Å². The van der Waals surface area contributed by atoms with Crippen LogP contribution >= 0.6 is 25.3 Å². The molecule has 0 bridgehead atoms. The van der Waals surface area contributed by atoms with E-state index in [4.69, 9.17) is 0 Å². The Morgan fingerprint density at radius 2 is 2.23 bits per heavy atom. The van der Waals surface area contributed by atoms with Gasteiger partial charge in [-0.15, -0.1) is 0 Å². The Morgan fingerprint density at radius 1 is 1.46 bits per heavy atom. The Morgan fingerprint density at radius 3 is 2.92 bits per heavy atom. The highest BCUT2D eigenvalue weighted by atomic mass is 79.9. The van der Waals surface area contributed by atoms with E-state index in [9.17, 15) is 4.79 Å². The Labute approximate surface area is 86.3 Å². The first-order valence-electron chi connectivity index (χ1n) is 3.73. The number of hydrogen-bond acceptors (Lipinski definition) is 1. The second kappa shape index (κ2) is 3.24. The molecule has 1 heterocycles. The van der Waals surface area contributed by atoms with Crippen LogP contribution in [0.4, 0.5) is 0 Å². The van der Waals surface area contributed by atoms with Crippen molar-refractivity contribution in [1.29, 1.82) is 0 Å². The van der Waals surface area contributed by atoms with E-state index in [0.29, 0.717) is 5.56 Å². The number of hydrogen-bond donors (Lipinski definition) is 0. The second-order valence-electron chi connectivity index (χ2n) is 2.77. The molecule has 4 heteroatoms. The summed E-state index contributed by atoms with van der Waals surface area (Å²) in [6, 6.07) is 5.87. The molecule has 0 saturated heterocycles. The molecule has 2 nitrogen and oxygen atoms in total. The Bertz CT molecular complexity index is 478. The Hall–Kier alpha value is -0.660. The number of benzene rings is 1. The van der Waals surface area contributed by atoms with Crippen molar-refractivity contribution >= 4 is 42.5 Å². The standard InChI is InChI=1S/C9H7BrNOP/c10-7-1-2-9-8(3-7)6(5-12)4-11(9)13/h1-5H,13H2. The van der Waals surface area contributed by atoms with Crippen LogP contribution in [0.15, 0.2) is 28.9 Å². The molecule has 0 N–H and O–H groups in total. The Kier molecular flexibility index (Phi) is 2.22. The normalized spacial score (nSPS) is 10.6. The molecular formula is C9H7BrNOP. The largest absolute Gasteiger partial charge is 0.331 e. The lowest BCUT2D eigenvalue weighted by Crippen LogP contribution is -1.74. The van der Waals surface area contributed by atoms with Gasteiger partial charge >= 0.3 is 0 Å². The first kappa shape index (κ1) is 8.92. The summed E-state index contributed by atoms with van der Waals surface area (Å²) < 4.78 is 2.85. The van der Waals surface area contributed by atoms with Crippen LogP contribution in [0.25, 0.3) is 10.9 Å². The zero-order valence-corrected chi connectivity index (χ0v) is 9.44. The number of carbonyl (C=O) groups is 1. The first-order valence-corrected chi connectivity index (χ1v) is 5.04. The first-order chi connectivity index (χ1) is 6.22. The second-order valence-corrected chi connectivity index (χ2v) is 4.24. The van der Waals surface area contributed by atoms with E-state index in [1.807, 2.05) is 22.5 Å². The predicted octanol–water partition coefficient (Wildman–Crippen LogP) is 2.85. The van der Waals surface area contributed by atoms with Crippen molar-refractivity contribution in [2.45, 2.75) is 0 Å². The number of aldehydes is 1. The Balaban J connectivity index is 2.89. The molecule has 0 spiro atoms. The van der Waals surface area contributed by atoms with Gasteiger partial charge in [-0.3, -0.25) is 4.79 Å². The van der Waals surface area contributed by atoms with Crippen molar-refractivity contribution in [2.75, 3.05) is 0 Å². The van der Waals surface area contributed by atoms with Gasteiger partial charge < -0.3 is 4.34 Å². The monoisotopic (exact) mass is 255 g/mol. The van der Waals surface area contributed by atoms with E-state index in [0.717, 1.165) is 21.7 Å². The van der Waals surface area contributed by atoms with E-state index >= 15 is 0 Å². The van der Waals surface area contributed by atoms with Crippen LogP contribution in [-0.4, -0.2) is 10.6 Å². The molecule has 1 aromatic heterocycles. The van der Waals surface area contributed by atoms with E-state index in [2.05, 4.69) is 25.3 Å². The highest BCUT2D eigenvalue weighted by Crippen LogP contribution is 2.25. The summed E-state index contributed by atoms with van der Waals surface area (Å²) in [6.07, 6.45) is 2.67. The SMILES string of the molecule is O=Cc1cn(P)c2ccc(Br)cc12. The number of aromatic nitrogens is 1. The fourth-order valence-electron chi connectivity index (χ4n) is 1.35. The molecular weight excluding hydrogens is 249 g/mol. The van der Waals surface area contributed by atoms with Gasteiger partial charge in [-0.1, -0.05) is 15.9 Å². The molecule has 0 aliphatic heterocycles. The van der Waals surface area contributed by atoms with Gasteiger partial charge in [0, 0.05) is 21.6 Å². The summed E-state index contributed by atoms with van der Waals surface area (Å²) in [5.74, 6) is 0. The fraction of sp³-hybridized carbons (Fsp3) is 0.